The fourth-order valence-electron chi connectivity index (χ4n) is 6.11. The maximum atomic E-state index is 13.6. The van der Waals surface area contributed by atoms with Gasteiger partial charge in [0, 0.05) is 33.7 Å². The molecule has 1 saturated carbocycles. The first-order valence-electron chi connectivity index (χ1n) is 15.0. The first-order chi connectivity index (χ1) is 20.8. The van der Waals surface area contributed by atoms with Crippen LogP contribution in [0.2, 0.25) is 5.02 Å². The molecule has 0 atom stereocenters. The summed E-state index contributed by atoms with van der Waals surface area (Å²) < 4.78 is 7.58. The van der Waals surface area contributed by atoms with Crippen LogP contribution in [0.3, 0.4) is 0 Å². The molecule has 2 aromatic heterocycles. The summed E-state index contributed by atoms with van der Waals surface area (Å²) in [5.41, 5.74) is 5.16. The van der Waals surface area contributed by atoms with E-state index in [9.17, 15) is 9.59 Å². The third-order valence-electron chi connectivity index (χ3n) is 8.15. The van der Waals surface area contributed by atoms with Gasteiger partial charge in [0.1, 0.15) is 11.5 Å². The Morgan fingerprint density at radius 3 is 2.42 bits per heavy atom. The van der Waals surface area contributed by atoms with Gasteiger partial charge < -0.3 is 14.2 Å². The zero-order valence-electron chi connectivity index (χ0n) is 24.7. The normalized spacial score (nSPS) is 14.0. The maximum absolute atomic E-state index is 13.6. The Balaban J connectivity index is 1.39. The number of anilines is 1. The van der Waals surface area contributed by atoms with Gasteiger partial charge in [-0.3, -0.25) is 4.79 Å². The largest absolute Gasteiger partial charge is 0.462 e. The Morgan fingerprint density at radius 1 is 0.930 bits per heavy atom. The molecule has 0 spiro atoms. The highest BCUT2D eigenvalue weighted by atomic mass is 35.5. The summed E-state index contributed by atoms with van der Waals surface area (Å²) in [5, 5.41) is 1.54. The van der Waals surface area contributed by atoms with Crippen molar-refractivity contribution in [2.75, 3.05) is 11.5 Å². The molecular formula is C35H35ClN4O3. The van der Waals surface area contributed by atoms with Gasteiger partial charge in [0.05, 0.1) is 28.7 Å². The Bertz CT molecular complexity index is 1810. The van der Waals surface area contributed by atoms with Gasteiger partial charge in [0.15, 0.2) is 0 Å². The zero-order valence-corrected chi connectivity index (χ0v) is 25.5. The van der Waals surface area contributed by atoms with E-state index in [0.717, 1.165) is 51.9 Å². The Kier molecular flexibility index (Phi) is 8.17. The number of nitrogens with zero attached hydrogens (tertiary/aromatic N) is 4. The van der Waals surface area contributed by atoms with Crippen LogP contribution in [0.5, 0.6) is 0 Å². The van der Waals surface area contributed by atoms with Gasteiger partial charge in [-0.05, 0) is 100 Å². The third kappa shape index (κ3) is 5.74. The molecule has 8 heteroatoms. The number of carbonyl (C=O) groups is 2. The average molecular weight is 595 g/mol. The van der Waals surface area contributed by atoms with Gasteiger partial charge in [0.25, 0.3) is 5.91 Å². The van der Waals surface area contributed by atoms with E-state index in [1.54, 1.807) is 30.0 Å². The van der Waals surface area contributed by atoms with E-state index in [4.69, 9.17) is 26.3 Å². The fraction of sp³-hybridized carbons (Fsp3) is 0.314. The molecule has 43 heavy (non-hydrogen) atoms. The van der Waals surface area contributed by atoms with Crippen LogP contribution < -0.4 is 4.90 Å². The lowest BCUT2D eigenvalue weighted by Gasteiger charge is -2.27. The topological polar surface area (TPSA) is 77.3 Å². The lowest BCUT2D eigenvalue weighted by Crippen LogP contribution is -2.37. The maximum Gasteiger partial charge on any atom is 0.338 e. The molecule has 0 aliphatic heterocycles. The van der Waals surface area contributed by atoms with Crippen molar-refractivity contribution in [2.24, 2.45) is 0 Å². The number of aromatic nitrogens is 3. The van der Waals surface area contributed by atoms with Gasteiger partial charge in [0.2, 0.25) is 0 Å². The molecule has 6 rings (SSSR count). The fourth-order valence-corrected chi connectivity index (χ4v) is 6.24. The van der Waals surface area contributed by atoms with Crippen LogP contribution in [0.1, 0.15) is 79.8 Å². The van der Waals surface area contributed by atoms with Crippen molar-refractivity contribution >= 4 is 51.1 Å². The van der Waals surface area contributed by atoms with E-state index in [-0.39, 0.29) is 17.9 Å². The van der Waals surface area contributed by atoms with Crippen molar-refractivity contribution in [1.29, 1.82) is 0 Å². The third-order valence-corrected chi connectivity index (χ3v) is 8.40. The summed E-state index contributed by atoms with van der Waals surface area (Å²) in [6.07, 6.45) is 5.82. The summed E-state index contributed by atoms with van der Waals surface area (Å²) in [7, 11) is 0. The average Bonchev–Trinajstić information content (AvgIpc) is 3.41. The van der Waals surface area contributed by atoms with Gasteiger partial charge in [-0.1, -0.05) is 36.9 Å². The monoisotopic (exact) mass is 594 g/mol. The van der Waals surface area contributed by atoms with Crippen LogP contribution >= 0.6 is 11.6 Å². The van der Waals surface area contributed by atoms with Crippen LogP contribution in [0.25, 0.3) is 33.3 Å². The summed E-state index contributed by atoms with van der Waals surface area (Å²) >= 11 is 6.08. The molecule has 220 valence electrons. The van der Waals surface area contributed by atoms with E-state index in [0.29, 0.717) is 28.9 Å². The van der Waals surface area contributed by atoms with E-state index in [1.807, 2.05) is 62.4 Å². The zero-order chi connectivity index (χ0) is 30.1. The highest BCUT2D eigenvalue weighted by Gasteiger charge is 2.25. The van der Waals surface area contributed by atoms with Gasteiger partial charge in [-0.2, -0.15) is 0 Å². The number of carbonyl (C=O) groups excluding carboxylic acids is 2. The van der Waals surface area contributed by atoms with Crippen LogP contribution in [0, 0.1) is 0 Å². The van der Waals surface area contributed by atoms with E-state index in [2.05, 4.69) is 10.6 Å². The van der Waals surface area contributed by atoms with Crippen molar-refractivity contribution in [3.05, 3.63) is 89.1 Å². The van der Waals surface area contributed by atoms with E-state index >= 15 is 0 Å². The molecule has 0 radical (unpaired) electrons. The standard InChI is InChI=1S/C35H35ClN4O3/c1-4-43-35(42)25-12-19-32-31(21-25)38-33(40(32)27-8-6-5-7-9-27)24-11-17-29-23(20-24)10-18-30(37-29)34(41)39(22(2)3)28-15-13-26(36)14-16-28/h10-22,27H,4-9H2,1-3H3. The second-order valence-corrected chi connectivity index (χ2v) is 11.8. The first kappa shape index (κ1) is 28.9. The molecule has 0 bridgehead atoms. The summed E-state index contributed by atoms with van der Waals surface area (Å²) in [6, 6.07) is 23.0. The number of hydrogen-bond donors (Lipinski definition) is 0. The Labute approximate surface area is 256 Å². The second kappa shape index (κ2) is 12.2. The molecule has 3 aromatic carbocycles. The number of pyridine rings is 1. The smallest absolute Gasteiger partial charge is 0.338 e. The number of esters is 1. The minimum atomic E-state index is -0.340. The first-order valence-corrected chi connectivity index (χ1v) is 15.4. The SMILES string of the molecule is CCOC(=O)c1ccc2c(c1)nc(-c1ccc3nc(C(=O)N(c4ccc(Cl)cc4)C(C)C)ccc3c1)n2C1CCCCC1. The lowest BCUT2D eigenvalue weighted by molar-refractivity contribution is 0.0526. The summed E-state index contributed by atoms with van der Waals surface area (Å²) in [4.78, 5) is 37.6. The molecule has 0 saturated heterocycles. The number of benzene rings is 3. The molecule has 1 fully saturated rings. The molecular weight excluding hydrogens is 560 g/mol. The van der Waals surface area contributed by atoms with Crippen molar-refractivity contribution < 1.29 is 14.3 Å². The quantitative estimate of drug-likeness (QED) is 0.176. The number of halogens is 1. The van der Waals surface area contributed by atoms with Crippen molar-refractivity contribution in [3.63, 3.8) is 0 Å². The second-order valence-electron chi connectivity index (χ2n) is 11.4. The van der Waals surface area contributed by atoms with Crippen LogP contribution in [-0.4, -0.2) is 39.1 Å². The van der Waals surface area contributed by atoms with Gasteiger partial charge in [-0.25, -0.2) is 14.8 Å². The number of rotatable bonds is 7. The number of fused-ring (bicyclic) bond motifs is 2. The molecule has 5 aromatic rings. The van der Waals surface area contributed by atoms with Crippen LogP contribution in [-0.2, 0) is 4.74 Å². The molecule has 1 amide bonds. The molecule has 1 aliphatic carbocycles. The predicted molar refractivity (Wildman–Crippen MR) is 172 cm³/mol. The lowest BCUT2D eigenvalue weighted by atomic mass is 9.94. The van der Waals surface area contributed by atoms with Gasteiger partial charge in [-0.15, -0.1) is 0 Å². The van der Waals surface area contributed by atoms with Gasteiger partial charge >= 0.3 is 5.97 Å². The molecule has 2 heterocycles. The highest BCUT2D eigenvalue weighted by Crippen LogP contribution is 2.37. The van der Waals surface area contributed by atoms with E-state index < -0.39 is 0 Å². The van der Waals surface area contributed by atoms with Crippen molar-refractivity contribution in [1.82, 2.24) is 14.5 Å². The number of amides is 1. The Hall–Kier alpha value is -4.23. The summed E-state index contributed by atoms with van der Waals surface area (Å²) in [6.45, 7) is 6.09. The minimum Gasteiger partial charge on any atom is -0.462 e. The molecule has 0 unspecified atom stereocenters. The van der Waals surface area contributed by atoms with Crippen LogP contribution in [0.15, 0.2) is 72.8 Å². The number of imidazole rings is 1. The van der Waals surface area contributed by atoms with E-state index in [1.165, 1.54) is 19.3 Å². The molecule has 1 aliphatic rings. The summed E-state index contributed by atoms with van der Waals surface area (Å²) in [5.74, 6) is 0.367. The number of ether oxygens (including phenoxy) is 1. The predicted octanol–water partition coefficient (Wildman–Crippen LogP) is 8.64. The molecule has 7 nitrogen and oxygen atoms in total. The Morgan fingerprint density at radius 2 is 1.70 bits per heavy atom. The van der Waals surface area contributed by atoms with Crippen molar-refractivity contribution in [3.8, 4) is 11.4 Å². The minimum absolute atomic E-state index is 0.0642. The molecule has 0 N–H and O–H groups in total. The number of hydrogen-bond acceptors (Lipinski definition) is 5. The highest BCUT2D eigenvalue weighted by molar-refractivity contribution is 6.30. The van der Waals surface area contributed by atoms with Crippen molar-refractivity contribution in [2.45, 2.75) is 65.0 Å². The van der Waals surface area contributed by atoms with Crippen LogP contribution in [0.4, 0.5) is 5.69 Å².